The number of nitrogens with two attached hydrogens (primary N) is 1. The molecule has 1 aromatic carbocycles. The molecule has 0 aliphatic carbocycles. The van der Waals surface area contributed by atoms with Gasteiger partial charge in [-0.25, -0.2) is 18.4 Å². The zero-order valence-corrected chi connectivity index (χ0v) is 16.8. The molecule has 0 radical (unpaired) electrons. The van der Waals surface area contributed by atoms with Crippen molar-refractivity contribution in [2.24, 2.45) is 0 Å². The molecule has 3 heterocycles. The van der Waals surface area contributed by atoms with Gasteiger partial charge >= 0.3 is 0 Å². The van der Waals surface area contributed by atoms with Gasteiger partial charge in [-0.2, -0.15) is 4.31 Å². The summed E-state index contributed by atoms with van der Waals surface area (Å²) in [7, 11) is -3.18. The van der Waals surface area contributed by atoms with Crippen LogP contribution in [-0.4, -0.2) is 59.8 Å². The highest BCUT2D eigenvalue weighted by molar-refractivity contribution is 7.89. The minimum Gasteiger partial charge on any atom is -0.382 e. The molecule has 3 aromatic rings. The van der Waals surface area contributed by atoms with E-state index in [1.54, 1.807) is 19.2 Å². The first-order valence-corrected chi connectivity index (χ1v) is 11.0. The van der Waals surface area contributed by atoms with Crippen LogP contribution in [0.5, 0.6) is 0 Å². The first kappa shape index (κ1) is 19.3. The van der Waals surface area contributed by atoms with Crippen molar-refractivity contribution in [1.29, 1.82) is 0 Å². The summed E-state index contributed by atoms with van der Waals surface area (Å²) in [6.07, 6.45) is 1.59. The van der Waals surface area contributed by atoms with Gasteiger partial charge in [0.05, 0.1) is 11.9 Å². The van der Waals surface area contributed by atoms with E-state index in [2.05, 4.69) is 15.1 Å². The Kier molecular flexibility index (Phi) is 5.20. The third-order valence-corrected chi connectivity index (χ3v) is 6.80. The highest BCUT2D eigenvalue weighted by Gasteiger charge is 2.26. The zero-order valence-electron chi connectivity index (χ0n) is 16.0. The molecule has 152 valence electrons. The van der Waals surface area contributed by atoms with Gasteiger partial charge in [-0.1, -0.05) is 35.5 Å². The molecule has 10 heteroatoms. The number of aromatic nitrogens is 3. The third kappa shape index (κ3) is 3.94. The second-order valence-corrected chi connectivity index (χ2v) is 8.95. The predicted octanol–water partition coefficient (Wildman–Crippen LogP) is 1.85. The molecule has 0 unspecified atom stereocenters. The summed E-state index contributed by atoms with van der Waals surface area (Å²) in [5.74, 6) is 1.41. The van der Waals surface area contributed by atoms with Gasteiger partial charge in [0, 0.05) is 37.8 Å². The van der Waals surface area contributed by atoms with Crippen LogP contribution in [0, 0.1) is 0 Å². The Hall–Kier alpha value is -2.98. The maximum absolute atomic E-state index is 12.0. The maximum Gasteiger partial charge on any atom is 0.213 e. The maximum atomic E-state index is 12.0. The molecule has 2 aromatic heterocycles. The number of nitrogen functional groups attached to an aromatic ring is 1. The Bertz CT molecular complexity index is 1090. The number of hydrogen-bond donors (Lipinski definition) is 1. The van der Waals surface area contributed by atoms with Crippen LogP contribution in [-0.2, 0) is 10.0 Å². The van der Waals surface area contributed by atoms with Gasteiger partial charge in [-0.05, 0) is 6.92 Å². The lowest BCUT2D eigenvalue weighted by Crippen LogP contribution is -2.49. The van der Waals surface area contributed by atoms with Gasteiger partial charge in [0.15, 0.2) is 17.3 Å². The van der Waals surface area contributed by atoms with E-state index in [1.165, 1.54) is 4.31 Å². The van der Waals surface area contributed by atoms with E-state index in [4.69, 9.17) is 10.3 Å². The molecule has 0 saturated carbocycles. The lowest BCUT2D eigenvalue weighted by molar-refractivity contribution is 0.384. The van der Waals surface area contributed by atoms with Crippen molar-refractivity contribution < 1.29 is 12.9 Å². The van der Waals surface area contributed by atoms with Gasteiger partial charge in [0.1, 0.15) is 11.5 Å². The standard InChI is InChI=1S/C19H22N6O3S/c1-2-29(26,27)25-10-8-24(9-11-25)17-13-21-19(20)18(22-17)16-12-15(23-28-16)14-6-4-3-5-7-14/h3-7,12-13H,2,8-11H2,1H3,(H2,20,21). The molecule has 0 spiro atoms. The molecule has 1 fully saturated rings. The summed E-state index contributed by atoms with van der Waals surface area (Å²) < 4.78 is 31.1. The molecule has 4 rings (SSSR count). The summed E-state index contributed by atoms with van der Waals surface area (Å²) in [5, 5.41) is 4.11. The summed E-state index contributed by atoms with van der Waals surface area (Å²) in [6, 6.07) is 11.5. The van der Waals surface area contributed by atoms with Crippen molar-refractivity contribution in [2.45, 2.75) is 6.92 Å². The number of rotatable bonds is 5. The van der Waals surface area contributed by atoms with Gasteiger partial charge in [-0.15, -0.1) is 0 Å². The highest BCUT2D eigenvalue weighted by atomic mass is 32.2. The minimum atomic E-state index is -3.18. The average Bonchev–Trinajstić information content (AvgIpc) is 3.25. The van der Waals surface area contributed by atoms with Gasteiger partial charge in [0.25, 0.3) is 0 Å². The number of hydrogen-bond acceptors (Lipinski definition) is 8. The van der Waals surface area contributed by atoms with Crippen molar-refractivity contribution in [3.05, 3.63) is 42.6 Å². The largest absolute Gasteiger partial charge is 0.382 e. The number of piperazine rings is 1. The molecule has 1 aliphatic heterocycles. The van der Waals surface area contributed by atoms with Crippen LogP contribution in [0.1, 0.15) is 6.92 Å². The molecule has 0 amide bonds. The van der Waals surface area contributed by atoms with E-state index in [-0.39, 0.29) is 11.6 Å². The second-order valence-electron chi connectivity index (χ2n) is 6.69. The minimum absolute atomic E-state index is 0.105. The molecule has 2 N–H and O–H groups in total. The van der Waals surface area contributed by atoms with Crippen LogP contribution in [0.2, 0.25) is 0 Å². The van der Waals surface area contributed by atoms with Crippen molar-refractivity contribution in [3.8, 4) is 22.7 Å². The fraction of sp³-hybridized carbons (Fsp3) is 0.316. The second kappa shape index (κ2) is 7.80. The Morgan fingerprint density at radius 2 is 1.86 bits per heavy atom. The lowest BCUT2D eigenvalue weighted by Gasteiger charge is -2.34. The smallest absolute Gasteiger partial charge is 0.213 e. The average molecular weight is 414 g/mol. The highest BCUT2D eigenvalue weighted by Crippen LogP contribution is 2.29. The Balaban J connectivity index is 1.56. The SMILES string of the molecule is CCS(=O)(=O)N1CCN(c2cnc(N)c(-c3cc(-c4ccccc4)no3)n2)CC1. The quantitative estimate of drug-likeness (QED) is 0.672. The van der Waals surface area contributed by atoms with Crippen LogP contribution in [0.4, 0.5) is 11.6 Å². The molecule has 9 nitrogen and oxygen atoms in total. The van der Waals surface area contributed by atoms with Crippen LogP contribution in [0.25, 0.3) is 22.7 Å². The fourth-order valence-corrected chi connectivity index (χ4v) is 4.32. The van der Waals surface area contributed by atoms with Crippen molar-refractivity contribution in [2.75, 3.05) is 42.6 Å². The first-order valence-electron chi connectivity index (χ1n) is 9.35. The summed E-state index contributed by atoms with van der Waals surface area (Å²) in [4.78, 5) is 10.9. The first-order chi connectivity index (χ1) is 14.0. The Morgan fingerprint density at radius 1 is 1.14 bits per heavy atom. The van der Waals surface area contributed by atoms with E-state index in [0.29, 0.717) is 49.1 Å². The van der Waals surface area contributed by atoms with Crippen LogP contribution in [0.15, 0.2) is 47.1 Å². The fourth-order valence-electron chi connectivity index (χ4n) is 3.23. The van der Waals surface area contributed by atoms with Crippen molar-refractivity contribution in [3.63, 3.8) is 0 Å². The van der Waals surface area contributed by atoms with E-state index < -0.39 is 10.0 Å². The molecule has 0 bridgehead atoms. The zero-order chi connectivity index (χ0) is 20.4. The van der Waals surface area contributed by atoms with E-state index in [1.807, 2.05) is 35.2 Å². The lowest BCUT2D eigenvalue weighted by atomic mass is 10.1. The molecular weight excluding hydrogens is 392 g/mol. The Labute approximate surface area is 169 Å². The van der Waals surface area contributed by atoms with E-state index in [0.717, 1.165) is 5.56 Å². The van der Waals surface area contributed by atoms with Crippen LogP contribution < -0.4 is 10.6 Å². The molecule has 0 atom stereocenters. The van der Waals surface area contributed by atoms with E-state index in [9.17, 15) is 8.42 Å². The predicted molar refractivity (Wildman–Crippen MR) is 111 cm³/mol. The number of benzene rings is 1. The van der Waals surface area contributed by atoms with E-state index >= 15 is 0 Å². The summed E-state index contributed by atoms with van der Waals surface area (Å²) >= 11 is 0. The monoisotopic (exact) mass is 414 g/mol. The Morgan fingerprint density at radius 3 is 2.55 bits per heavy atom. The number of nitrogens with zero attached hydrogens (tertiary/aromatic N) is 5. The normalized spacial score (nSPS) is 15.6. The molecular formula is C19H22N6O3S. The van der Waals surface area contributed by atoms with Gasteiger partial charge in [0.2, 0.25) is 10.0 Å². The van der Waals surface area contributed by atoms with Crippen LogP contribution in [0.3, 0.4) is 0 Å². The summed E-state index contributed by atoms with van der Waals surface area (Å²) in [5.41, 5.74) is 8.06. The molecule has 1 saturated heterocycles. The third-order valence-electron chi connectivity index (χ3n) is 4.92. The van der Waals surface area contributed by atoms with Crippen molar-refractivity contribution in [1.82, 2.24) is 19.4 Å². The van der Waals surface area contributed by atoms with Crippen LogP contribution >= 0.6 is 0 Å². The number of anilines is 2. The van der Waals surface area contributed by atoms with Gasteiger partial charge < -0.3 is 15.2 Å². The number of sulfonamides is 1. The topological polar surface area (TPSA) is 118 Å². The molecule has 29 heavy (non-hydrogen) atoms. The summed E-state index contributed by atoms with van der Waals surface area (Å²) in [6.45, 7) is 3.54. The van der Waals surface area contributed by atoms with Gasteiger partial charge in [-0.3, -0.25) is 0 Å². The molecule has 1 aliphatic rings. The van der Waals surface area contributed by atoms with Crippen molar-refractivity contribution >= 4 is 21.7 Å².